The summed E-state index contributed by atoms with van der Waals surface area (Å²) in [5.41, 5.74) is 0.867. The smallest absolute Gasteiger partial charge is 0.178 e. The summed E-state index contributed by atoms with van der Waals surface area (Å²) in [4.78, 5) is 2.21. The van der Waals surface area contributed by atoms with Crippen molar-refractivity contribution in [1.29, 1.82) is 0 Å². The second-order valence-electron chi connectivity index (χ2n) is 5.08. The molecule has 3 nitrogen and oxygen atoms in total. The Hall–Kier alpha value is -1.55. The van der Waals surface area contributed by atoms with E-state index >= 15 is 0 Å². The van der Waals surface area contributed by atoms with Gasteiger partial charge in [-0.1, -0.05) is 0 Å². The SMILES string of the molecule is COc1c(F)ccc2ccn(C3CC3N(C)C)c12. The van der Waals surface area contributed by atoms with Gasteiger partial charge in [0.1, 0.15) is 0 Å². The zero-order chi connectivity index (χ0) is 12.9. The molecule has 0 bridgehead atoms. The summed E-state index contributed by atoms with van der Waals surface area (Å²) in [5.74, 6) is 0.0499. The van der Waals surface area contributed by atoms with Crippen molar-refractivity contribution >= 4 is 10.9 Å². The summed E-state index contributed by atoms with van der Waals surface area (Å²) >= 11 is 0. The van der Waals surface area contributed by atoms with Crippen LogP contribution in [0.3, 0.4) is 0 Å². The predicted molar refractivity (Wildman–Crippen MR) is 69.6 cm³/mol. The van der Waals surface area contributed by atoms with Crippen molar-refractivity contribution in [2.75, 3.05) is 21.2 Å². The van der Waals surface area contributed by atoms with E-state index in [1.807, 2.05) is 12.3 Å². The van der Waals surface area contributed by atoms with Crippen molar-refractivity contribution < 1.29 is 9.13 Å². The number of methoxy groups -OCH3 is 1. The summed E-state index contributed by atoms with van der Waals surface area (Å²) in [6.07, 6.45) is 3.14. The van der Waals surface area contributed by atoms with E-state index in [9.17, 15) is 4.39 Å². The molecule has 0 amide bonds. The Morgan fingerprint density at radius 1 is 1.33 bits per heavy atom. The number of hydrogen-bond donors (Lipinski definition) is 0. The van der Waals surface area contributed by atoms with Crippen molar-refractivity contribution in [3.05, 3.63) is 30.2 Å². The fourth-order valence-electron chi connectivity index (χ4n) is 2.69. The molecule has 0 saturated heterocycles. The van der Waals surface area contributed by atoms with Crippen LogP contribution in [-0.4, -0.2) is 36.7 Å². The topological polar surface area (TPSA) is 17.4 Å². The fourth-order valence-corrected chi connectivity index (χ4v) is 2.69. The number of ether oxygens (including phenoxy) is 1. The van der Waals surface area contributed by atoms with Gasteiger partial charge < -0.3 is 14.2 Å². The maximum atomic E-state index is 13.8. The number of fused-ring (bicyclic) bond motifs is 1. The van der Waals surface area contributed by atoms with E-state index in [0.29, 0.717) is 17.8 Å². The van der Waals surface area contributed by atoms with Crippen LogP contribution in [0.15, 0.2) is 24.4 Å². The lowest BCUT2D eigenvalue weighted by atomic mass is 10.2. The zero-order valence-electron chi connectivity index (χ0n) is 10.9. The van der Waals surface area contributed by atoms with E-state index in [4.69, 9.17) is 4.74 Å². The van der Waals surface area contributed by atoms with Crippen LogP contribution in [0, 0.1) is 5.82 Å². The third kappa shape index (κ3) is 1.60. The third-order valence-corrected chi connectivity index (χ3v) is 3.74. The first-order valence-electron chi connectivity index (χ1n) is 6.13. The van der Waals surface area contributed by atoms with E-state index in [2.05, 4.69) is 23.6 Å². The summed E-state index contributed by atoms with van der Waals surface area (Å²) in [6, 6.07) is 6.24. The van der Waals surface area contributed by atoms with Gasteiger partial charge in [-0.3, -0.25) is 0 Å². The summed E-state index contributed by atoms with van der Waals surface area (Å²) in [6.45, 7) is 0. The molecule has 0 radical (unpaired) electrons. The molecule has 1 aliphatic carbocycles. The number of rotatable bonds is 3. The Labute approximate surface area is 106 Å². The van der Waals surface area contributed by atoms with E-state index < -0.39 is 0 Å². The van der Waals surface area contributed by atoms with Crippen LogP contribution in [0.4, 0.5) is 4.39 Å². The fraction of sp³-hybridized carbons (Fsp3) is 0.429. The number of benzene rings is 1. The highest BCUT2D eigenvalue weighted by atomic mass is 19.1. The second kappa shape index (κ2) is 3.99. The number of likely N-dealkylation sites (N-methyl/N-ethyl adjacent to an activating group) is 1. The average Bonchev–Trinajstić information content (AvgIpc) is 3.03. The quantitative estimate of drug-likeness (QED) is 0.831. The second-order valence-corrected chi connectivity index (χ2v) is 5.08. The largest absolute Gasteiger partial charge is 0.492 e. The maximum absolute atomic E-state index is 13.8. The van der Waals surface area contributed by atoms with Crippen LogP contribution in [-0.2, 0) is 0 Å². The molecule has 1 aromatic heterocycles. The van der Waals surface area contributed by atoms with Crippen molar-refractivity contribution in [3.8, 4) is 5.75 Å². The molecular weight excluding hydrogens is 231 g/mol. The van der Waals surface area contributed by atoms with Gasteiger partial charge in [0.2, 0.25) is 0 Å². The minimum Gasteiger partial charge on any atom is -0.492 e. The van der Waals surface area contributed by atoms with Gasteiger partial charge in [-0.15, -0.1) is 0 Å². The van der Waals surface area contributed by atoms with Crippen LogP contribution in [0.5, 0.6) is 5.75 Å². The first-order chi connectivity index (χ1) is 8.63. The lowest BCUT2D eigenvalue weighted by Crippen LogP contribution is -2.17. The van der Waals surface area contributed by atoms with Gasteiger partial charge in [0.15, 0.2) is 11.6 Å². The molecule has 0 aliphatic heterocycles. The van der Waals surface area contributed by atoms with Crippen molar-refractivity contribution in [2.45, 2.75) is 18.5 Å². The minimum absolute atomic E-state index is 0.299. The maximum Gasteiger partial charge on any atom is 0.178 e. The lowest BCUT2D eigenvalue weighted by Gasteiger charge is -2.12. The first kappa shape index (κ1) is 11.5. The molecule has 1 heterocycles. The van der Waals surface area contributed by atoms with E-state index in [0.717, 1.165) is 17.3 Å². The Morgan fingerprint density at radius 2 is 2.11 bits per heavy atom. The van der Waals surface area contributed by atoms with Gasteiger partial charge in [-0.05, 0) is 38.7 Å². The minimum atomic E-state index is -0.299. The predicted octanol–water partition coefficient (Wildman–Crippen LogP) is 2.66. The van der Waals surface area contributed by atoms with Crippen molar-refractivity contribution in [2.24, 2.45) is 0 Å². The van der Waals surface area contributed by atoms with E-state index in [1.54, 1.807) is 6.07 Å². The molecule has 18 heavy (non-hydrogen) atoms. The number of hydrogen-bond acceptors (Lipinski definition) is 2. The van der Waals surface area contributed by atoms with Crippen molar-refractivity contribution in [3.63, 3.8) is 0 Å². The summed E-state index contributed by atoms with van der Waals surface area (Å²) < 4.78 is 21.1. The van der Waals surface area contributed by atoms with Crippen LogP contribution in [0.25, 0.3) is 10.9 Å². The molecule has 0 spiro atoms. The Morgan fingerprint density at radius 3 is 2.72 bits per heavy atom. The molecule has 96 valence electrons. The molecule has 0 N–H and O–H groups in total. The van der Waals surface area contributed by atoms with Gasteiger partial charge in [0.25, 0.3) is 0 Å². The van der Waals surface area contributed by atoms with Gasteiger partial charge in [-0.2, -0.15) is 0 Å². The number of halogens is 1. The van der Waals surface area contributed by atoms with Crippen molar-refractivity contribution in [1.82, 2.24) is 9.47 Å². The first-order valence-corrected chi connectivity index (χ1v) is 6.13. The summed E-state index contributed by atoms with van der Waals surface area (Å²) in [7, 11) is 5.67. The third-order valence-electron chi connectivity index (χ3n) is 3.74. The molecular formula is C14H17FN2O. The molecule has 1 aromatic carbocycles. The Bertz CT molecular complexity index is 591. The molecule has 1 saturated carbocycles. The molecule has 2 unspecified atom stereocenters. The van der Waals surface area contributed by atoms with Crippen LogP contribution in [0.2, 0.25) is 0 Å². The standard InChI is InChI=1S/C14H17FN2O/c1-16(2)11-8-12(11)17-7-6-9-4-5-10(15)14(18-3)13(9)17/h4-7,11-12H,8H2,1-3H3. The Kier molecular flexibility index (Phi) is 2.55. The normalized spacial score (nSPS) is 22.7. The summed E-state index contributed by atoms with van der Waals surface area (Å²) in [5, 5.41) is 1.03. The molecule has 4 heteroatoms. The highest BCUT2D eigenvalue weighted by molar-refractivity contribution is 5.86. The van der Waals surface area contributed by atoms with E-state index in [-0.39, 0.29) is 5.82 Å². The zero-order valence-corrected chi connectivity index (χ0v) is 10.9. The highest BCUT2D eigenvalue weighted by Gasteiger charge is 2.41. The van der Waals surface area contributed by atoms with Gasteiger partial charge in [-0.25, -0.2) is 4.39 Å². The average molecular weight is 248 g/mol. The number of aromatic nitrogens is 1. The van der Waals surface area contributed by atoms with Crippen LogP contribution >= 0.6 is 0 Å². The van der Waals surface area contributed by atoms with Gasteiger partial charge in [0, 0.05) is 17.6 Å². The van der Waals surface area contributed by atoms with E-state index in [1.165, 1.54) is 13.2 Å². The van der Waals surface area contributed by atoms with Crippen LogP contribution in [0.1, 0.15) is 12.5 Å². The molecule has 2 atom stereocenters. The molecule has 3 rings (SSSR count). The molecule has 1 aliphatic rings. The highest BCUT2D eigenvalue weighted by Crippen LogP contribution is 2.43. The Balaban J connectivity index is 2.11. The van der Waals surface area contributed by atoms with Gasteiger partial charge in [0.05, 0.1) is 18.7 Å². The monoisotopic (exact) mass is 248 g/mol. The lowest BCUT2D eigenvalue weighted by molar-refractivity contribution is 0.373. The van der Waals surface area contributed by atoms with Gasteiger partial charge >= 0.3 is 0 Å². The van der Waals surface area contributed by atoms with Crippen LogP contribution < -0.4 is 4.74 Å². The number of nitrogens with zero attached hydrogens (tertiary/aromatic N) is 2. The molecule has 1 fully saturated rings. The molecule has 2 aromatic rings.